The van der Waals surface area contributed by atoms with Gasteiger partial charge in [-0.1, -0.05) is 0 Å². The second kappa shape index (κ2) is 6.84. The van der Waals surface area contributed by atoms with Crippen molar-refractivity contribution < 1.29 is 14.0 Å². The highest BCUT2D eigenvalue weighted by Crippen LogP contribution is 2.32. The van der Waals surface area contributed by atoms with Crippen LogP contribution in [0.15, 0.2) is 35.3 Å². The molecule has 1 unspecified atom stereocenters. The summed E-state index contributed by atoms with van der Waals surface area (Å²) >= 11 is 0. The molecular weight excluding hydrogens is 377 g/mol. The van der Waals surface area contributed by atoms with Gasteiger partial charge < -0.3 is 14.8 Å². The SMILES string of the molecule is CN(C)C(=O)C1c2cnn(C)c2CCN1C(=O)c1cc(=O)[nH]c2ccc(F)cc12. The van der Waals surface area contributed by atoms with E-state index in [1.807, 2.05) is 0 Å². The first-order chi connectivity index (χ1) is 13.8. The number of carbonyl (C=O) groups excluding carboxylic acids is 2. The second-order valence-electron chi connectivity index (χ2n) is 7.29. The zero-order valence-corrected chi connectivity index (χ0v) is 16.3. The molecule has 0 saturated heterocycles. The van der Waals surface area contributed by atoms with E-state index in [2.05, 4.69) is 10.1 Å². The molecule has 150 valence electrons. The molecule has 4 rings (SSSR count). The van der Waals surface area contributed by atoms with Gasteiger partial charge in [-0.25, -0.2) is 4.39 Å². The molecule has 1 aromatic carbocycles. The van der Waals surface area contributed by atoms with Crippen molar-refractivity contribution in [2.75, 3.05) is 20.6 Å². The van der Waals surface area contributed by atoms with Crippen molar-refractivity contribution in [3.8, 4) is 0 Å². The number of amides is 2. The summed E-state index contributed by atoms with van der Waals surface area (Å²) in [6, 6.07) is 4.13. The molecule has 2 aromatic heterocycles. The summed E-state index contributed by atoms with van der Waals surface area (Å²) in [4.78, 5) is 44.0. The van der Waals surface area contributed by atoms with E-state index in [0.717, 1.165) is 11.8 Å². The van der Waals surface area contributed by atoms with E-state index < -0.39 is 23.3 Å². The smallest absolute Gasteiger partial charge is 0.255 e. The van der Waals surface area contributed by atoms with E-state index in [1.54, 1.807) is 32.0 Å². The number of carbonyl (C=O) groups is 2. The second-order valence-corrected chi connectivity index (χ2v) is 7.29. The van der Waals surface area contributed by atoms with Crippen molar-refractivity contribution in [1.29, 1.82) is 0 Å². The van der Waals surface area contributed by atoms with Gasteiger partial charge in [0.05, 0.1) is 11.8 Å². The lowest BCUT2D eigenvalue weighted by molar-refractivity contribution is -0.134. The molecule has 3 heterocycles. The zero-order valence-electron chi connectivity index (χ0n) is 16.3. The van der Waals surface area contributed by atoms with Crippen LogP contribution in [0, 0.1) is 5.82 Å². The van der Waals surface area contributed by atoms with Gasteiger partial charge in [0.2, 0.25) is 11.5 Å². The third-order valence-corrected chi connectivity index (χ3v) is 5.26. The summed E-state index contributed by atoms with van der Waals surface area (Å²) in [5, 5.41) is 4.53. The first-order valence-corrected chi connectivity index (χ1v) is 9.13. The molecule has 0 radical (unpaired) electrons. The maximum atomic E-state index is 13.8. The van der Waals surface area contributed by atoms with E-state index in [1.165, 1.54) is 28.0 Å². The maximum absolute atomic E-state index is 13.8. The van der Waals surface area contributed by atoms with Crippen molar-refractivity contribution in [2.24, 2.45) is 7.05 Å². The molecule has 1 aliphatic heterocycles. The number of nitrogens with one attached hydrogen (secondary N) is 1. The Bertz CT molecular complexity index is 1200. The number of halogens is 1. The van der Waals surface area contributed by atoms with Gasteiger partial charge in [-0.15, -0.1) is 0 Å². The lowest BCUT2D eigenvalue weighted by atomic mass is 9.96. The van der Waals surface area contributed by atoms with Crippen LogP contribution >= 0.6 is 0 Å². The number of aromatic amines is 1. The number of aryl methyl sites for hydroxylation is 1. The maximum Gasteiger partial charge on any atom is 0.255 e. The van der Waals surface area contributed by atoms with Crippen molar-refractivity contribution in [2.45, 2.75) is 12.5 Å². The fourth-order valence-electron chi connectivity index (χ4n) is 3.83. The molecule has 8 nitrogen and oxygen atoms in total. The number of nitrogens with zero attached hydrogens (tertiary/aromatic N) is 4. The summed E-state index contributed by atoms with van der Waals surface area (Å²) in [5.74, 6) is -1.29. The minimum atomic E-state index is -0.863. The van der Waals surface area contributed by atoms with Crippen LogP contribution in [0.5, 0.6) is 0 Å². The van der Waals surface area contributed by atoms with Crippen LogP contribution in [0.3, 0.4) is 0 Å². The summed E-state index contributed by atoms with van der Waals surface area (Å²) in [6.45, 7) is 0.277. The fraction of sp³-hybridized carbons (Fsp3) is 0.300. The predicted molar refractivity (Wildman–Crippen MR) is 104 cm³/mol. The van der Waals surface area contributed by atoms with Crippen LogP contribution in [0.1, 0.15) is 27.7 Å². The molecule has 3 aromatic rings. The summed E-state index contributed by atoms with van der Waals surface area (Å²) in [6.07, 6.45) is 2.11. The first kappa shape index (κ1) is 18.9. The van der Waals surface area contributed by atoms with Crippen molar-refractivity contribution in [3.63, 3.8) is 0 Å². The molecule has 0 aliphatic carbocycles. The fourth-order valence-corrected chi connectivity index (χ4v) is 3.83. The highest BCUT2D eigenvalue weighted by Gasteiger charge is 2.39. The van der Waals surface area contributed by atoms with Crippen LogP contribution in [0.2, 0.25) is 0 Å². The number of H-pyrrole nitrogens is 1. The average Bonchev–Trinajstić information content (AvgIpc) is 3.06. The molecule has 9 heteroatoms. The predicted octanol–water partition coefficient (Wildman–Crippen LogP) is 1.23. The van der Waals surface area contributed by atoms with Gasteiger partial charge in [0.25, 0.3) is 5.91 Å². The minimum Gasteiger partial charge on any atom is -0.347 e. The summed E-state index contributed by atoms with van der Waals surface area (Å²) < 4.78 is 15.5. The quantitative estimate of drug-likeness (QED) is 0.704. The first-order valence-electron chi connectivity index (χ1n) is 9.13. The molecule has 1 aliphatic rings. The number of fused-ring (bicyclic) bond motifs is 2. The summed E-state index contributed by atoms with van der Waals surface area (Å²) in [7, 11) is 5.03. The molecule has 29 heavy (non-hydrogen) atoms. The van der Waals surface area contributed by atoms with E-state index in [4.69, 9.17) is 0 Å². The molecular formula is C20H20FN5O3. The van der Waals surface area contributed by atoms with Gasteiger partial charge in [-0.3, -0.25) is 19.1 Å². The largest absolute Gasteiger partial charge is 0.347 e. The molecule has 1 atom stereocenters. The van der Waals surface area contributed by atoms with Crippen molar-refractivity contribution >= 4 is 22.7 Å². The standard InChI is InChI=1S/C20H20FN5O3/c1-24(2)20(29)18-14-10-22-25(3)16(14)6-7-26(18)19(28)13-9-17(27)23-15-5-4-11(21)8-12(13)15/h4-5,8-10,18H,6-7H2,1-3H3,(H,23,27). The van der Waals surface area contributed by atoms with Crippen LogP contribution in [-0.2, 0) is 18.3 Å². The number of rotatable bonds is 2. The summed E-state index contributed by atoms with van der Waals surface area (Å²) in [5.41, 5.74) is 1.49. The van der Waals surface area contributed by atoms with Gasteiger partial charge >= 0.3 is 0 Å². The van der Waals surface area contributed by atoms with Gasteiger partial charge in [-0.05, 0) is 18.2 Å². The Hall–Kier alpha value is -3.49. The molecule has 0 fully saturated rings. The van der Waals surface area contributed by atoms with Crippen LogP contribution < -0.4 is 5.56 Å². The van der Waals surface area contributed by atoms with Crippen molar-refractivity contribution in [3.05, 3.63) is 63.5 Å². The molecule has 2 amide bonds. The number of benzene rings is 1. The van der Waals surface area contributed by atoms with Gasteiger partial charge in [0.15, 0.2) is 0 Å². The Morgan fingerprint density at radius 2 is 2.03 bits per heavy atom. The molecule has 1 N–H and O–H groups in total. The number of pyridine rings is 1. The Morgan fingerprint density at radius 1 is 1.28 bits per heavy atom. The minimum absolute atomic E-state index is 0.0622. The number of aromatic nitrogens is 3. The van der Waals surface area contributed by atoms with Crippen LogP contribution in [-0.4, -0.2) is 57.0 Å². The Kier molecular flexibility index (Phi) is 4.45. The van der Waals surface area contributed by atoms with E-state index in [-0.39, 0.29) is 18.0 Å². The average molecular weight is 397 g/mol. The Balaban J connectivity index is 1.86. The van der Waals surface area contributed by atoms with Crippen LogP contribution in [0.4, 0.5) is 4.39 Å². The van der Waals surface area contributed by atoms with E-state index >= 15 is 0 Å². The molecule has 0 spiro atoms. The third kappa shape index (κ3) is 3.08. The third-order valence-electron chi connectivity index (χ3n) is 5.26. The van der Waals surface area contributed by atoms with Gasteiger partial charge in [0.1, 0.15) is 11.9 Å². The lowest BCUT2D eigenvalue weighted by Gasteiger charge is -2.36. The highest BCUT2D eigenvalue weighted by atomic mass is 19.1. The topological polar surface area (TPSA) is 91.3 Å². The van der Waals surface area contributed by atoms with Crippen molar-refractivity contribution in [1.82, 2.24) is 24.6 Å². The van der Waals surface area contributed by atoms with Gasteiger partial charge in [0, 0.05) is 62.3 Å². The molecule has 0 bridgehead atoms. The zero-order chi connectivity index (χ0) is 20.9. The highest BCUT2D eigenvalue weighted by molar-refractivity contribution is 6.07. The number of hydrogen-bond acceptors (Lipinski definition) is 4. The Morgan fingerprint density at radius 3 is 2.76 bits per heavy atom. The Labute approximate surface area is 165 Å². The van der Waals surface area contributed by atoms with E-state index in [9.17, 15) is 18.8 Å². The number of likely N-dealkylation sites (N-methyl/N-ethyl adjacent to an activating group) is 1. The monoisotopic (exact) mass is 397 g/mol. The van der Waals surface area contributed by atoms with E-state index in [0.29, 0.717) is 22.9 Å². The normalized spacial score (nSPS) is 16.0. The number of hydrogen-bond donors (Lipinski definition) is 1. The van der Waals surface area contributed by atoms with Crippen LogP contribution in [0.25, 0.3) is 10.9 Å². The lowest BCUT2D eigenvalue weighted by Crippen LogP contribution is -2.47. The molecule has 0 saturated carbocycles. The van der Waals surface area contributed by atoms with Gasteiger partial charge in [-0.2, -0.15) is 5.10 Å².